The van der Waals surface area contributed by atoms with Crippen molar-refractivity contribution >= 4 is 29.4 Å². The largest absolute Gasteiger partial charge is 0.475 e. The standard InChI is InChI=1S/C8H5NO5.C8H7NO3.C4H9NO/c10-7(8(11)12)5-3-1-2-4-6(5)9(13)14;10-6-5-7-3-1-2-4-8(7)9(11)12;1-3-6-4-2-5-1/h1-4H,(H,11,12);1-4,6H,5H2;5H,1-4H2. The molecular formula is C20H21N3O9. The first-order valence-electron chi connectivity index (χ1n) is 9.25. The number of hydrogen-bond donors (Lipinski definition) is 2. The van der Waals surface area contributed by atoms with E-state index >= 15 is 0 Å². The number of aldehydes is 1. The Kier molecular flexibility index (Phi) is 11.4. The van der Waals surface area contributed by atoms with Gasteiger partial charge in [-0.15, -0.1) is 0 Å². The molecule has 1 fully saturated rings. The number of carbonyl (C=O) groups excluding carboxylic acids is 2. The number of carboxylic acids is 1. The Labute approximate surface area is 182 Å². The first-order valence-corrected chi connectivity index (χ1v) is 9.25. The van der Waals surface area contributed by atoms with E-state index in [1.165, 1.54) is 18.2 Å². The molecule has 2 aromatic carbocycles. The molecule has 0 aliphatic carbocycles. The summed E-state index contributed by atoms with van der Waals surface area (Å²) in [7, 11) is 0. The molecule has 0 atom stereocenters. The molecular weight excluding hydrogens is 426 g/mol. The summed E-state index contributed by atoms with van der Waals surface area (Å²) >= 11 is 0. The quantitative estimate of drug-likeness (QED) is 0.218. The van der Waals surface area contributed by atoms with Crippen LogP contribution in [0.2, 0.25) is 0 Å². The molecule has 170 valence electrons. The lowest BCUT2D eigenvalue weighted by Gasteiger charge is -2.10. The highest BCUT2D eigenvalue weighted by molar-refractivity contribution is 6.40. The number of benzene rings is 2. The van der Waals surface area contributed by atoms with E-state index in [0.717, 1.165) is 38.4 Å². The molecule has 0 amide bonds. The van der Waals surface area contributed by atoms with Crippen molar-refractivity contribution in [3.63, 3.8) is 0 Å². The van der Waals surface area contributed by atoms with Crippen LogP contribution in [0, 0.1) is 20.2 Å². The number of Topliss-reactive ketones (excluding diaryl/α,β-unsaturated/α-hetero) is 1. The van der Waals surface area contributed by atoms with Crippen LogP contribution in [0.3, 0.4) is 0 Å². The highest BCUT2D eigenvalue weighted by Crippen LogP contribution is 2.18. The lowest BCUT2D eigenvalue weighted by Crippen LogP contribution is -2.30. The molecule has 0 saturated carbocycles. The Hall–Kier alpha value is -4.03. The maximum absolute atomic E-state index is 11.0. The van der Waals surface area contributed by atoms with Gasteiger partial charge < -0.3 is 20.0 Å². The van der Waals surface area contributed by atoms with Gasteiger partial charge in [0.05, 0.1) is 23.1 Å². The SMILES string of the molecule is C1COCCN1.O=C(O)C(=O)c1ccccc1[N+](=O)[O-].O=CCc1ccccc1[N+](=O)[O-]. The van der Waals surface area contributed by atoms with Gasteiger partial charge in [-0.1, -0.05) is 30.3 Å². The number of carbonyl (C=O) groups is 3. The number of hydrogen-bond acceptors (Lipinski definition) is 9. The molecule has 12 nitrogen and oxygen atoms in total. The number of aliphatic carboxylic acids is 1. The molecule has 0 unspecified atom stereocenters. The molecule has 2 aromatic rings. The molecule has 0 aromatic heterocycles. The van der Waals surface area contributed by atoms with Crippen LogP contribution in [0.25, 0.3) is 0 Å². The van der Waals surface area contributed by atoms with Crippen LogP contribution in [0.4, 0.5) is 11.4 Å². The van der Waals surface area contributed by atoms with Gasteiger partial charge in [-0.3, -0.25) is 25.0 Å². The average Bonchev–Trinajstić information content (AvgIpc) is 2.81. The summed E-state index contributed by atoms with van der Waals surface area (Å²) in [6.07, 6.45) is 0.749. The number of nitrogens with zero attached hydrogens (tertiary/aromatic N) is 2. The van der Waals surface area contributed by atoms with Crippen LogP contribution in [0.15, 0.2) is 48.5 Å². The van der Waals surface area contributed by atoms with Crippen LogP contribution in [-0.4, -0.2) is 59.3 Å². The monoisotopic (exact) mass is 447 g/mol. The van der Waals surface area contributed by atoms with E-state index in [9.17, 15) is 34.6 Å². The fraction of sp³-hybridized carbons (Fsp3) is 0.250. The van der Waals surface area contributed by atoms with Gasteiger partial charge in [-0.25, -0.2) is 4.79 Å². The molecule has 32 heavy (non-hydrogen) atoms. The third-order valence-corrected chi connectivity index (χ3v) is 3.88. The zero-order valence-electron chi connectivity index (χ0n) is 16.8. The van der Waals surface area contributed by atoms with Gasteiger partial charge in [0.2, 0.25) is 0 Å². The number of carboxylic acid groups (broad SMARTS) is 1. The van der Waals surface area contributed by atoms with E-state index in [1.54, 1.807) is 18.2 Å². The number of nitrogens with one attached hydrogen (secondary N) is 1. The van der Waals surface area contributed by atoms with Crippen molar-refractivity contribution in [1.82, 2.24) is 5.32 Å². The summed E-state index contributed by atoms with van der Waals surface area (Å²) in [5.41, 5.74) is -0.452. The Balaban J connectivity index is 0.000000257. The van der Waals surface area contributed by atoms with Crippen LogP contribution in [0.1, 0.15) is 15.9 Å². The van der Waals surface area contributed by atoms with Crippen LogP contribution in [0.5, 0.6) is 0 Å². The van der Waals surface area contributed by atoms with E-state index in [0.29, 0.717) is 11.8 Å². The van der Waals surface area contributed by atoms with E-state index in [4.69, 9.17) is 9.84 Å². The van der Waals surface area contributed by atoms with Crippen molar-refractivity contribution in [3.05, 3.63) is 79.9 Å². The molecule has 1 aliphatic heterocycles. The normalized spacial score (nSPS) is 12.1. The molecule has 1 heterocycles. The number of ether oxygens (including phenoxy) is 1. The highest BCUT2D eigenvalue weighted by Gasteiger charge is 2.23. The first kappa shape index (κ1) is 26.0. The van der Waals surface area contributed by atoms with E-state index in [1.807, 2.05) is 0 Å². The second kappa shape index (κ2) is 14.1. The molecule has 1 saturated heterocycles. The van der Waals surface area contributed by atoms with Crippen LogP contribution < -0.4 is 5.32 Å². The summed E-state index contributed by atoms with van der Waals surface area (Å²) in [6.45, 7) is 3.83. The minimum absolute atomic E-state index is 0.00426. The average molecular weight is 447 g/mol. The van der Waals surface area contributed by atoms with Gasteiger partial charge in [0.25, 0.3) is 17.2 Å². The maximum atomic E-state index is 11.0. The number of morpholine rings is 1. The summed E-state index contributed by atoms with van der Waals surface area (Å²) in [5, 5.41) is 32.3. The third kappa shape index (κ3) is 8.77. The molecule has 0 bridgehead atoms. The second-order valence-corrected chi connectivity index (χ2v) is 6.03. The fourth-order valence-corrected chi connectivity index (χ4v) is 2.41. The molecule has 2 N–H and O–H groups in total. The van der Waals surface area contributed by atoms with Crippen molar-refractivity contribution in [2.24, 2.45) is 0 Å². The molecule has 12 heteroatoms. The smallest absolute Gasteiger partial charge is 0.377 e. The topological polar surface area (TPSA) is 179 Å². The van der Waals surface area contributed by atoms with Gasteiger partial charge in [0.15, 0.2) is 0 Å². The Morgan fingerprint density at radius 1 is 0.969 bits per heavy atom. The Morgan fingerprint density at radius 3 is 1.94 bits per heavy atom. The first-order chi connectivity index (χ1) is 15.3. The van der Waals surface area contributed by atoms with Crippen molar-refractivity contribution in [2.45, 2.75) is 6.42 Å². The molecule has 1 aliphatic rings. The Bertz CT molecular complexity index is 947. The van der Waals surface area contributed by atoms with E-state index < -0.39 is 32.9 Å². The number of para-hydroxylation sites is 2. The number of nitro groups is 2. The zero-order valence-corrected chi connectivity index (χ0v) is 16.8. The highest BCUT2D eigenvalue weighted by atomic mass is 16.6. The Morgan fingerprint density at radius 2 is 1.50 bits per heavy atom. The fourth-order valence-electron chi connectivity index (χ4n) is 2.41. The van der Waals surface area contributed by atoms with E-state index in [-0.39, 0.29) is 12.1 Å². The van der Waals surface area contributed by atoms with Crippen molar-refractivity contribution in [3.8, 4) is 0 Å². The molecule has 0 spiro atoms. The summed E-state index contributed by atoms with van der Waals surface area (Å²) in [5.74, 6) is -2.99. The molecule has 3 rings (SSSR count). The predicted molar refractivity (Wildman–Crippen MR) is 112 cm³/mol. The van der Waals surface area contributed by atoms with Crippen molar-refractivity contribution in [1.29, 1.82) is 0 Å². The van der Waals surface area contributed by atoms with Crippen LogP contribution in [-0.2, 0) is 20.7 Å². The minimum atomic E-state index is -1.71. The van der Waals surface area contributed by atoms with Crippen molar-refractivity contribution < 1.29 is 34.1 Å². The maximum Gasteiger partial charge on any atom is 0.377 e. The van der Waals surface area contributed by atoms with E-state index in [2.05, 4.69) is 5.32 Å². The van der Waals surface area contributed by atoms with Crippen LogP contribution >= 0.6 is 0 Å². The van der Waals surface area contributed by atoms with Gasteiger partial charge in [-0.2, -0.15) is 0 Å². The molecule has 0 radical (unpaired) electrons. The number of rotatable bonds is 6. The minimum Gasteiger partial charge on any atom is -0.475 e. The second-order valence-electron chi connectivity index (χ2n) is 6.03. The number of ketones is 1. The summed E-state index contributed by atoms with van der Waals surface area (Å²) in [4.78, 5) is 50.9. The summed E-state index contributed by atoms with van der Waals surface area (Å²) in [6, 6.07) is 11.1. The predicted octanol–water partition coefficient (Wildman–Crippen LogP) is 1.80. The van der Waals surface area contributed by atoms with Crippen molar-refractivity contribution in [2.75, 3.05) is 26.3 Å². The number of nitro benzene ring substituents is 2. The van der Waals surface area contributed by atoms with Gasteiger partial charge in [0, 0.05) is 37.2 Å². The lowest BCUT2D eigenvalue weighted by molar-refractivity contribution is -0.385. The zero-order chi connectivity index (χ0) is 23.9. The van der Waals surface area contributed by atoms with Gasteiger partial charge in [-0.05, 0) is 6.07 Å². The summed E-state index contributed by atoms with van der Waals surface area (Å²) < 4.78 is 5.01. The van der Waals surface area contributed by atoms with Gasteiger partial charge in [0.1, 0.15) is 11.8 Å². The van der Waals surface area contributed by atoms with Gasteiger partial charge >= 0.3 is 5.97 Å². The third-order valence-electron chi connectivity index (χ3n) is 3.88. The lowest BCUT2D eigenvalue weighted by atomic mass is 10.1.